The van der Waals surface area contributed by atoms with Crippen LogP contribution < -0.4 is 4.90 Å². The van der Waals surface area contributed by atoms with E-state index in [1.807, 2.05) is 0 Å². The van der Waals surface area contributed by atoms with Gasteiger partial charge in [0.15, 0.2) is 0 Å². The van der Waals surface area contributed by atoms with Gasteiger partial charge in [0.05, 0.1) is 0 Å². The first kappa shape index (κ1) is 36.3. The zero-order chi connectivity index (χ0) is 38.2. The molecule has 7 aromatic carbocycles. The van der Waals surface area contributed by atoms with E-state index in [1.165, 1.54) is 44.5 Å². The maximum atomic E-state index is 2.39. The monoisotopic (exact) mass is 721 g/mol. The van der Waals surface area contributed by atoms with E-state index in [2.05, 4.69) is 255 Å². The number of rotatable bonds is 11. The van der Waals surface area contributed by atoms with E-state index < -0.39 is 0 Å². The summed E-state index contributed by atoms with van der Waals surface area (Å²) in [5, 5.41) is 0. The van der Waals surface area contributed by atoms with Crippen LogP contribution in [-0.4, -0.2) is 0 Å². The molecule has 0 saturated heterocycles. The van der Waals surface area contributed by atoms with Crippen molar-refractivity contribution in [3.8, 4) is 0 Å². The van der Waals surface area contributed by atoms with Crippen molar-refractivity contribution < 1.29 is 0 Å². The molecule has 1 unspecified atom stereocenters. The van der Waals surface area contributed by atoms with Crippen LogP contribution in [0.3, 0.4) is 0 Å². The van der Waals surface area contributed by atoms with Crippen molar-refractivity contribution in [2.24, 2.45) is 5.92 Å². The molecular weight excluding hydrogens is 675 g/mol. The number of benzene rings is 7. The van der Waals surface area contributed by atoms with Crippen LogP contribution in [0.2, 0.25) is 0 Å². The van der Waals surface area contributed by atoms with Gasteiger partial charge in [0.2, 0.25) is 0 Å². The number of allylic oxidation sites excluding steroid dienone is 5. The van der Waals surface area contributed by atoms with E-state index in [0.717, 1.165) is 17.1 Å². The molecule has 0 bridgehead atoms. The van der Waals surface area contributed by atoms with Gasteiger partial charge in [-0.1, -0.05) is 207 Å². The average Bonchev–Trinajstić information content (AvgIpc) is 3.27. The summed E-state index contributed by atoms with van der Waals surface area (Å²) in [6.07, 6.45) is 15.9. The Labute approximate surface area is 333 Å². The molecule has 7 aromatic rings. The molecule has 0 aromatic heterocycles. The minimum atomic E-state index is -0.237. The average molecular weight is 722 g/mol. The number of para-hydroxylation sites is 2. The molecule has 8 rings (SSSR count). The lowest BCUT2D eigenvalue weighted by molar-refractivity contribution is 0.632. The number of hydrogen-bond acceptors (Lipinski definition) is 1. The van der Waals surface area contributed by atoms with E-state index in [4.69, 9.17) is 0 Å². The molecule has 0 aliphatic heterocycles. The van der Waals surface area contributed by atoms with Crippen molar-refractivity contribution >= 4 is 35.3 Å². The number of nitrogens with zero attached hydrogens (tertiary/aromatic N) is 1. The van der Waals surface area contributed by atoms with Crippen LogP contribution in [0.25, 0.3) is 18.2 Å². The molecule has 0 N–H and O–H groups in total. The van der Waals surface area contributed by atoms with E-state index in [0.29, 0.717) is 11.8 Å². The fraction of sp³-hybridized carbons (Fsp3) is 0.0909. The Bertz CT molecular complexity index is 2360. The van der Waals surface area contributed by atoms with Gasteiger partial charge in [-0.25, -0.2) is 0 Å². The number of anilines is 3. The van der Waals surface area contributed by atoms with E-state index in [1.54, 1.807) is 0 Å². The highest BCUT2D eigenvalue weighted by Gasteiger charge is 2.30. The molecular formula is C55H47N. The first-order chi connectivity index (χ1) is 27.5. The zero-order valence-corrected chi connectivity index (χ0v) is 32.1. The quantitative estimate of drug-likeness (QED) is 0.0949. The molecule has 1 nitrogen and oxygen atoms in total. The lowest BCUT2D eigenvalue weighted by Crippen LogP contribution is -2.25. The lowest BCUT2D eigenvalue weighted by atomic mass is 9.71. The molecule has 0 heterocycles. The van der Waals surface area contributed by atoms with E-state index in [9.17, 15) is 0 Å². The third kappa shape index (κ3) is 8.04. The van der Waals surface area contributed by atoms with Gasteiger partial charge < -0.3 is 4.90 Å². The van der Waals surface area contributed by atoms with Crippen LogP contribution >= 0.6 is 0 Å². The fourth-order valence-corrected chi connectivity index (χ4v) is 7.90. The predicted octanol–water partition coefficient (Wildman–Crippen LogP) is 14.6. The zero-order valence-electron chi connectivity index (χ0n) is 32.1. The topological polar surface area (TPSA) is 3.24 Å². The predicted molar refractivity (Wildman–Crippen MR) is 240 cm³/mol. The van der Waals surface area contributed by atoms with Crippen LogP contribution in [0.1, 0.15) is 58.7 Å². The van der Waals surface area contributed by atoms with Crippen molar-refractivity contribution in [2.45, 2.75) is 25.2 Å². The summed E-state index contributed by atoms with van der Waals surface area (Å²) in [4.78, 5) is 2.29. The van der Waals surface area contributed by atoms with Crippen molar-refractivity contribution in [3.05, 3.63) is 263 Å². The normalized spacial score (nSPS) is 15.6. The smallest absolute Gasteiger partial charge is 0.0462 e. The summed E-state index contributed by atoms with van der Waals surface area (Å²) in [5.74, 6) is 0.743. The molecule has 1 aliphatic rings. The Balaban J connectivity index is 0.904. The summed E-state index contributed by atoms with van der Waals surface area (Å²) >= 11 is 0. The SMILES string of the molecule is C[C@@H]1C=C(/C=C/c2ccc(N(c3ccccc3)c3ccccc3)cc2)C=CC1c1ccc(/C=C/c2ccc(C(C)(c3ccccc3)c3ccccc3)cc2)cc1. The van der Waals surface area contributed by atoms with Crippen molar-refractivity contribution in [1.29, 1.82) is 0 Å². The first-order valence-corrected chi connectivity index (χ1v) is 19.6. The minimum Gasteiger partial charge on any atom is -0.311 e. The van der Waals surface area contributed by atoms with E-state index >= 15 is 0 Å². The fourth-order valence-electron chi connectivity index (χ4n) is 7.90. The Hall–Kier alpha value is -6.70. The lowest BCUT2D eigenvalue weighted by Gasteiger charge is -2.32. The largest absolute Gasteiger partial charge is 0.311 e. The molecule has 272 valence electrons. The molecule has 0 spiro atoms. The highest BCUT2D eigenvalue weighted by molar-refractivity contribution is 5.77. The van der Waals surface area contributed by atoms with Crippen molar-refractivity contribution in [3.63, 3.8) is 0 Å². The standard InChI is InChI=1S/C55H47N/c1-42-41-46(26-25-45-31-38-53(39-32-45)56(51-19-11-5-12-20-51)52-21-13-6-14-22-52)33-40-54(42)47-34-27-43(28-35-47)23-24-44-29-36-50(37-30-44)55(2,48-15-7-3-8-16-48)49-17-9-4-10-18-49/h3-42,54H,1-2H3/b24-23+,26-25+/t42-,54?/m1/s1. The van der Waals surface area contributed by atoms with Crippen molar-refractivity contribution in [2.75, 3.05) is 4.90 Å². The Morgan fingerprint density at radius 2 is 0.821 bits per heavy atom. The van der Waals surface area contributed by atoms with Gasteiger partial charge in [-0.2, -0.15) is 0 Å². The van der Waals surface area contributed by atoms with Gasteiger partial charge in [-0.15, -0.1) is 0 Å². The molecule has 1 aliphatic carbocycles. The second-order valence-corrected chi connectivity index (χ2v) is 14.8. The molecule has 56 heavy (non-hydrogen) atoms. The third-order valence-electron chi connectivity index (χ3n) is 11.1. The first-order valence-electron chi connectivity index (χ1n) is 19.6. The van der Waals surface area contributed by atoms with Crippen LogP contribution in [0.15, 0.2) is 224 Å². The van der Waals surface area contributed by atoms with Crippen molar-refractivity contribution in [1.82, 2.24) is 0 Å². The third-order valence-corrected chi connectivity index (χ3v) is 11.1. The van der Waals surface area contributed by atoms with E-state index in [-0.39, 0.29) is 5.41 Å². The highest BCUT2D eigenvalue weighted by Crippen LogP contribution is 2.39. The van der Waals surface area contributed by atoms with Crippen LogP contribution in [-0.2, 0) is 5.41 Å². The van der Waals surface area contributed by atoms with Gasteiger partial charge in [0, 0.05) is 28.4 Å². The Kier molecular flexibility index (Phi) is 10.9. The van der Waals surface area contributed by atoms with Gasteiger partial charge in [-0.3, -0.25) is 0 Å². The summed E-state index contributed by atoms with van der Waals surface area (Å²) in [5.41, 5.74) is 13.2. The van der Waals surface area contributed by atoms with Gasteiger partial charge in [0.25, 0.3) is 0 Å². The second kappa shape index (κ2) is 16.8. The summed E-state index contributed by atoms with van der Waals surface area (Å²) in [6, 6.07) is 69.5. The summed E-state index contributed by atoms with van der Waals surface area (Å²) in [6.45, 7) is 4.64. The maximum absolute atomic E-state index is 2.39. The number of hydrogen-bond donors (Lipinski definition) is 0. The van der Waals surface area contributed by atoms with Gasteiger partial charge >= 0.3 is 0 Å². The molecule has 0 amide bonds. The molecule has 0 saturated carbocycles. The highest BCUT2D eigenvalue weighted by atomic mass is 15.1. The van der Waals surface area contributed by atoms with Gasteiger partial charge in [0.1, 0.15) is 0 Å². The van der Waals surface area contributed by atoms with Gasteiger partial charge in [-0.05, 0) is 93.8 Å². The maximum Gasteiger partial charge on any atom is 0.0462 e. The van der Waals surface area contributed by atoms with Crippen LogP contribution in [0.4, 0.5) is 17.1 Å². The molecule has 2 atom stereocenters. The summed E-state index contributed by atoms with van der Waals surface area (Å²) < 4.78 is 0. The molecule has 0 fully saturated rings. The Morgan fingerprint density at radius 1 is 0.429 bits per heavy atom. The Morgan fingerprint density at radius 3 is 1.30 bits per heavy atom. The molecule has 1 heteroatoms. The second-order valence-electron chi connectivity index (χ2n) is 14.8. The summed E-state index contributed by atoms with van der Waals surface area (Å²) in [7, 11) is 0. The molecule has 0 radical (unpaired) electrons. The van der Waals surface area contributed by atoms with Crippen LogP contribution in [0.5, 0.6) is 0 Å². The minimum absolute atomic E-state index is 0.237. The van der Waals surface area contributed by atoms with Crippen LogP contribution in [0, 0.1) is 5.92 Å².